The minimum Gasteiger partial charge on any atom is -0.382 e. The first-order valence-electron chi connectivity index (χ1n) is 6.96. The van der Waals surface area contributed by atoms with Crippen molar-refractivity contribution in [2.24, 2.45) is 0 Å². The van der Waals surface area contributed by atoms with Crippen LogP contribution >= 0.6 is 0 Å². The van der Waals surface area contributed by atoms with E-state index in [-0.39, 0.29) is 10.6 Å². The lowest BCUT2D eigenvalue weighted by Crippen LogP contribution is -2.15. The Morgan fingerprint density at radius 1 is 1.35 bits per heavy atom. The zero-order valence-corrected chi connectivity index (χ0v) is 11.4. The van der Waals surface area contributed by atoms with E-state index in [2.05, 4.69) is 10.3 Å². The number of aromatic nitrogens is 1. The van der Waals surface area contributed by atoms with Crippen LogP contribution in [-0.4, -0.2) is 15.9 Å². The smallest absolute Gasteiger partial charge is 0.295 e. The van der Waals surface area contributed by atoms with Crippen LogP contribution in [-0.2, 0) is 0 Å². The molecule has 3 rings (SSSR count). The van der Waals surface area contributed by atoms with E-state index in [1.54, 1.807) is 6.07 Å². The van der Waals surface area contributed by atoms with Gasteiger partial charge in [0, 0.05) is 28.9 Å². The molecule has 1 N–H and O–H groups in total. The van der Waals surface area contributed by atoms with E-state index in [0.29, 0.717) is 11.6 Å². The van der Waals surface area contributed by atoms with E-state index in [1.165, 1.54) is 18.9 Å². The quantitative estimate of drug-likeness (QED) is 0.681. The van der Waals surface area contributed by atoms with Gasteiger partial charge in [0.25, 0.3) is 5.69 Å². The molecule has 0 radical (unpaired) electrons. The fourth-order valence-corrected chi connectivity index (χ4v) is 2.92. The number of rotatable bonds is 3. The summed E-state index contributed by atoms with van der Waals surface area (Å²) in [6.45, 7) is 1.87. The molecule has 0 saturated heterocycles. The number of fused-ring (bicyclic) bond motifs is 1. The number of benzene rings is 1. The van der Waals surface area contributed by atoms with Crippen molar-refractivity contribution in [2.45, 2.75) is 38.6 Å². The van der Waals surface area contributed by atoms with E-state index in [0.717, 1.165) is 29.6 Å². The Labute approximate surface area is 117 Å². The maximum atomic E-state index is 11.1. The van der Waals surface area contributed by atoms with Crippen LogP contribution in [0.5, 0.6) is 0 Å². The highest BCUT2D eigenvalue weighted by molar-refractivity contribution is 5.96. The number of non-ortho nitro benzene ring substituents is 1. The van der Waals surface area contributed by atoms with Crippen molar-refractivity contribution in [2.75, 3.05) is 5.32 Å². The van der Waals surface area contributed by atoms with Crippen LogP contribution in [0.2, 0.25) is 0 Å². The second-order valence-electron chi connectivity index (χ2n) is 5.37. The lowest BCUT2D eigenvalue weighted by atomic mass is 10.1. The topological polar surface area (TPSA) is 68.1 Å². The molecule has 0 bridgehead atoms. The number of pyridine rings is 1. The summed E-state index contributed by atoms with van der Waals surface area (Å²) in [5.74, 6) is 0. The molecule has 20 heavy (non-hydrogen) atoms. The third-order valence-corrected chi connectivity index (χ3v) is 3.86. The molecule has 1 aliphatic rings. The summed E-state index contributed by atoms with van der Waals surface area (Å²) in [7, 11) is 0. The first-order valence-corrected chi connectivity index (χ1v) is 6.96. The highest BCUT2D eigenvalue weighted by Crippen LogP contribution is 2.32. The number of aryl methyl sites for hydroxylation is 1. The summed E-state index contributed by atoms with van der Waals surface area (Å²) in [4.78, 5) is 15.1. The normalized spacial score (nSPS) is 15.7. The minimum absolute atomic E-state index is 0.0701. The Kier molecular flexibility index (Phi) is 3.26. The van der Waals surface area contributed by atoms with Gasteiger partial charge in [-0.25, -0.2) is 4.98 Å². The predicted molar refractivity (Wildman–Crippen MR) is 79.0 cm³/mol. The van der Waals surface area contributed by atoms with Crippen LogP contribution in [0.15, 0.2) is 24.3 Å². The van der Waals surface area contributed by atoms with E-state index < -0.39 is 0 Å². The monoisotopic (exact) mass is 271 g/mol. The Bertz CT molecular complexity index is 663. The summed E-state index contributed by atoms with van der Waals surface area (Å²) >= 11 is 0. The third kappa shape index (κ3) is 2.31. The van der Waals surface area contributed by atoms with Crippen molar-refractivity contribution in [3.8, 4) is 0 Å². The molecular formula is C15H17N3O2. The molecule has 0 unspecified atom stereocenters. The summed E-state index contributed by atoms with van der Waals surface area (Å²) < 4.78 is 0. The molecule has 104 valence electrons. The van der Waals surface area contributed by atoms with Gasteiger partial charge in [-0.1, -0.05) is 25.0 Å². The van der Waals surface area contributed by atoms with E-state index in [1.807, 2.05) is 19.1 Å². The third-order valence-electron chi connectivity index (χ3n) is 3.86. The van der Waals surface area contributed by atoms with Gasteiger partial charge >= 0.3 is 0 Å². The molecule has 1 heterocycles. The van der Waals surface area contributed by atoms with Gasteiger partial charge in [-0.05, 0) is 25.8 Å². The molecular weight excluding hydrogens is 254 g/mol. The molecule has 0 amide bonds. The predicted octanol–water partition coefficient (Wildman–Crippen LogP) is 3.81. The molecule has 5 heteroatoms. The van der Waals surface area contributed by atoms with Gasteiger partial charge in [0.2, 0.25) is 0 Å². The SMILES string of the molecule is Cc1cc(NC2CCCC2)c2cccc([N+](=O)[O-])c2n1. The van der Waals surface area contributed by atoms with Gasteiger partial charge in [-0.3, -0.25) is 10.1 Å². The number of anilines is 1. The molecule has 1 aromatic carbocycles. The van der Waals surface area contributed by atoms with E-state index in [9.17, 15) is 10.1 Å². The molecule has 2 aromatic rings. The first kappa shape index (κ1) is 12.8. The number of nitro benzene ring substituents is 1. The van der Waals surface area contributed by atoms with Gasteiger partial charge < -0.3 is 5.32 Å². The molecule has 1 aromatic heterocycles. The van der Waals surface area contributed by atoms with Crippen LogP contribution in [0.25, 0.3) is 10.9 Å². The standard InChI is InChI=1S/C15H17N3O2/c1-10-9-13(17-11-5-2-3-6-11)12-7-4-8-14(18(19)20)15(12)16-10/h4,7-9,11H,2-3,5-6H2,1H3,(H,16,17). The number of para-hydroxylation sites is 1. The van der Waals surface area contributed by atoms with Crippen LogP contribution in [0.3, 0.4) is 0 Å². The molecule has 5 nitrogen and oxygen atoms in total. The van der Waals surface area contributed by atoms with Crippen molar-refractivity contribution < 1.29 is 4.92 Å². The second kappa shape index (κ2) is 5.07. The zero-order valence-electron chi connectivity index (χ0n) is 11.4. The van der Waals surface area contributed by atoms with Gasteiger partial charge in [0.1, 0.15) is 0 Å². The summed E-state index contributed by atoms with van der Waals surface area (Å²) in [5, 5.41) is 15.5. The van der Waals surface area contributed by atoms with E-state index in [4.69, 9.17) is 0 Å². The average molecular weight is 271 g/mol. The molecule has 0 aliphatic heterocycles. The highest BCUT2D eigenvalue weighted by atomic mass is 16.6. The molecule has 0 atom stereocenters. The van der Waals surface area contributed by atoms with Gasteiger partial charge in [-0.15, -0.1) is 0 Å². The number of nitrogens with one attached hydrogen (secondary N) is 1. The average Bonchev–Trinajstić information content (AvgIpc) is 2.90. The molecule has 1 aliphatic carbocycles. The van der Waals surface area contributed by atoms with Crippen molar-refractivity contribution in [1.82, 2.24) is 4.98 Å². The number of hydrogen-bond donors (Lipinski definition) is 1. The zero-order chi connectivity index (χ0) is 14.1. The van der Waals surface area contributed by atoms with E-state index >= 15 is 0 Å². The van der Waals surface area contributed by atoms with Crippen molar-refractivity contribution >= 4 is 22.3 Å². The minimum atomic E-state index is -0.367. The maximum Gasteiger partial charge on any atom is 0.295 e. The van der Waals surface area contributed by atoms with Crippen molar-refractivity contribution in [3.05, 3.63) is 40.1 Å². The van der Waals surface area contributed by atoms with Crippen LogP contribution < -0.4 is 5.32 Å². The molecule has 1 fully saturated rings. The van der Waals surface area contributed by atoms with Gasteiger partial charge in [0.05, 0.1) is 4.92 Å². The van der Waals surface area contributed by atoms with Gasteiger partial charge in [0.15, 0.2) is 5.52 Å². The molecule has 1 saturated carbocycles. The Morgan fingerprint density at radius 2 is 2.10 bits per heavy atom. The van der Waals surface area contributed by atoms with Crippen molar-refractivity contribution in [1.29, 1.82) is 0 Å². The summed E-state index contributed by atoms with van der Waals surface area (Å²) in [6.07, 6.45) is 4.83. The Hall–Kier alpha value is -2.17. The van der Waals surface area contributed by atoms with Crippen molar-refractivity contribution in [3.63, 3.8) is 0 Å². The molecule has 0 spiro atoms. The van der Waals surface area contributed by atoms with Crippen LogP contribution in [0.4, 0.5) is 11.4 Å². The maximum absolute atomic E-state index is 11.1. The summed E-state index contributed by atoms with van der Waals surface area (Å²) in [5.41, 5.74) is 2.30. The Morgan fingerprint density at radius 3 is 2.80 bits per heavy atom. The Balaban J connectivity index is 2.11. The number of nitrogens with zero attached hydrogens (tertiary/aromatic N) is 2. The second-order valence-corrected chi connectivity index (χ2v) is 5.37. The van der Waals surface area contributed by atoms with Gasteiger partial charge in [-0.2, -0.15) is 0 Å². The summed E-state index contributed by atoms with van der Waals surface area (Å²) in [6, 6.07) is 7.57. The van der Waals surface area contributed by atoms with Crippen LogP contribution in [0, 0.1) is 17.0 Å². The number of nitro groups is 1. The highest BCUT2D eigenvalue weighted by Gasteiger charge is 2.19. The lowest BCUT2D eigenvalue weighted by molar-refractivity contribution is -0.383. The first-order chi connectivity index (χ1) is 9.65. The van der Waals surface area contributed by atoms with Crippen LogP contribution in [0.1, 0.15) is 31.4 Å². The fraction of sp³-hybridized carbons (Fsp3) is 0.400. The lowest BCUT2D eigenvalue weighted by Gasteiger charge is -2.16. The number of hydrogen-bond acceptors (Lipinski definition) is 4. The fourth-order valence-electron chi connectivity index (χ4n) is 2.92. The largest absolute Gasteiger partial charge is 0.382 e.